The van der Waals surface area contributed by atoms with Crippen LogP contribution in [-0.2, 0) is 0 Å². The summed E-state index contributed by atoms with van der Waals surface area (Å²) >= 11 is 1.24. The van der Waals surface area contributed by atoms with Crippen molar-refractivity contribution in [2.24, 2.45) is 0 Å². The monoisotopic (exact) mass is 269 g/mol. The molecule has 1 heterocycles. The van der Waals surface area contributed by atoms with E-state index in [9.17, 15) is 9.59 Å². The molecule has 1 fully saturated rings. The van der Waals surface area contributed by atoms with Gasteiger partial charge in [0.05, 0.1) is 6.04 Å². The molecule has 1 unspecified atom stereocenters. The number of urea groups is 1. The summed E-state index contributed by atoms with van der Waals surface area (Å²) in [6.07, 6.45) is 2.11. The standard InChI is InChI=1S/C11H15N3O3S/c1-6(9-13-8(5-18-9)10(15)16)12-11(17)14(2)7-3-4-7/h5-7H,3-4H2,1-2H3,(H,12,17)(H,15,16). The number of nitrogens with zero attached hydrogens (tertiary/aromatic N) is 2. The number of hydrogen-bond donors (Lipinski definition) is 2. The van der Waals surface area contributed by atoms with E-state index in [-0.39, 0.29) is 17.8 Å². The molecule has 0 spiro atoms. The highest BCUT2D eigenvalue weighted by Crippen LogP contribution is 2.26. The van der Waals surface area contributed by atoms with Gasteiger partial charge in [0.15, 0.2) is 5.69 Å². The fourth-order valence-corrected chi connectivity index (χ4v) is 2.36. The Bertz CT molecular complexity index is 470. The molecule has 1 atom stereocenters. The van der Waals surface area contributed by atoms with E-state index in [0.29, 0.717) is 11.0 Å². The van der Waals surface area contributed by atoms with Crippen molar-refractivity contribution in [2.75, 3.05) is 7.05 Å². The van der Waals surface area contributed by atoms with Gasteiger partial charge in [-0.2, -0.15) is 0 Å². The van der Waals surface area contributed by atoms with Gasteiger partial charge in [0.2, 0.25) is 0 Å². The molecule has 1 aliphatic carbocycles. The van der Waals surface area contributed by atoms with E-state index in [1.807, 2.05) is 0 Å². The van der Waals surface area contributed by atoms with Crippen LogP contribution in [-0.4, -0.2) is 40.1 Å². The number of thiazole rings is 1. The lowest BCUT2D eigenvalue weighted by molar-refractivity contribution is 0.0691. The van der Waals surface area contributed by atoms with E-state index in [2.05, 4.69) is 10.3 Å². The Kier molecular flexibility index (Phi) is 3.51. The first-order chi connectivity index (χ1) is 8.49. The maximum atomic E-state index is 11.8. The van der Waals surface area contributed by atoms with E-state index in [1.54, 1.807) is 18.9 Å². The molecule has 18 heavy (non-hydrogen) atoms. The Morgan fingerprint density at radius 2 is 2.28 bits per heavy atom. The number of carbonyl (C=O) groups is 2. The van der Waals surface area contributed by atoms with Crippen molar-refractivity contribution in [1.82, 2.24) is 15.2 Å². The number of hydrogen-bond acceptors (Lipinski definition) is 4. The van der Waals surface area contributed by atoms with Crippen LogP contribution in [0.2, 0.25) is 0 Å². The summed E-state index contributed by atoms with van der Waals surface area (Å²) in [5.74, 6) is -1.05. The van der Waals surface area contributed by atoms with Crippen LogP contribution in [0.25, 0.3) is 0 Å². The third-order valence-corrected chi connectivity index (χ3v) is 3.89. The molecule has 0 aromatic carbocycles. The minimum atomic E-state index is -1.05. The topological polar surface area (TPSA) is 82.5 Å². The molecule has 1 saturated carbocycles. The third kappa shape index (κ3) is 2.79. The summed E-state index contributed by atoms with van der Waals surface area (Å²) in [6, 6.07) is -0.0723. The molecule has 2 N–H and O–H groups in total. The van der Waals surface area contributed by atoms with Crippen molar-refractivity contribution in [1.29, 1.82) is 0 Å². The van der Waals surface area contributed by atoms with Crippen LogP contribution >= 0.6 is 11.3 Å². The van der Waals surface area contributed by atoms with Gasteiger partial charge in [-0.3, -0.25) is 0 Å². The molecule has 98 valence electrons. The number of carboxylic acids is 1. The van der Waals surface area contributed by atoms with Crippen molar-refractivity contribution >= 4 is 23.3 Å². The van der Waals surface area contributed by atoms with Gasteiger partial charge in [-0.05, 0) is 19.8 Å². The zero-order valence-corrected chi connectivity index (χ0v) is 11.0. The average molecular weight is 269 g/mol. The van der Waals surface area contributed by atoms with Crippen molar-refractivity contribution in [3.8, 4) is 0 Å². The maximum Gasteiger partial charge on any atom is 0.355 e. The van der Waals surface area contributed by atoms with Crippen LogP contribution in [0.3, 0.4) is 0 Å². The fraction of sp³-hybridized carbons (Fsp3) is 0.545. The average Bonchev–Trinajstić information content (AvgIpc) is 3.04. The first-order valence-electron chi connectivity index (χ1n) is 5.71. The van der Waals surface area contributed by atoms with Crippen LogP contribution in [0.5, 0.6) is 0 Å². The number of rotatable bonds is 4. The van der Waals surface area contributed by atoms with Crippen LogP contribution < -0.4 is 5.32 Å². The second-order valence-electron chi connectivity index (χ2n) is 4.39. The second kappa shape index (κ2) is 4.93. The summed E-state index contributed by atoms with van der Waals surface area (Å²) in [7, 11) is 1.77. The Hall–Kier alpha value is -1.63. The van der Waals surface area contributed by atoms with Gasteiger partial charge in [-0.25, -0.2) is 14.6 Å². The number of nitrogens with one attached hydrogen (secondary N) is 1. The lowest BCUT2D eigenvalue weighted by Crippen LogP contribution is -2.39. The summed E-state index contributed by atoms with van der Waals surface area (Å²) in [4.78, 5) is 28.2. The van der Waals surface area contributed by atoms with Crippen molar-refractivity contribution in [3.63, 3.8) is 0 Å². The number of amides is 2. The SMILES string of the molecule is CC(NC(=O)N(C)C1CC1)c1nc(C(=O)O)cs1. The molecule has 1 aromatic rings. The Labute approximate surface area is 109 Å². The van der Waals surface area contributed by atoms with Crippen molar-refractivity contribution in [3.05, 3.63) is 16.1 Å². The van der Waals surface area contributed by atoms with Crippen LogP contribution in [0.15, 0.2) is 5.38 Å². The maximum absolute atomic E-state index is 11.8. The van der Waals surface area contributed by atoms with Crippen molar-refractivity contribution < 1.29 is 14.7 Å². The molecule has 0 bridgehead atoms. The lowest BCUT2D eigenvalue weighted by Gasteiger charge is -2.19. The minimum Gasteiger partial charge on any atom is -0.476 e. The van der Waals surface area contributed by atoms with Crippen LogP contribution in [0, 0.1) is 0 Å². The molecule has 0 aliphatic heterocycles. The number of aromatic nitrogens is 1. The minimum absolute atomic E-state index is 0.0200. The first-order valence-corrected chi connectivity index (χ1v) is 6.59. The molecule has 7 heteroatoms. The van der Waals surface area contributed by atoms with Crippen LogP contribution in [0.4, 0.5) is 4.79 Å². The molecule has 0 saturated heterocycles. The summed E-state index contributed by atoms with van der Waals surface area (Å²) in [5.41, 5.74) is 0.0200. The predicted molar refractivity (Wildman–Crippen MR) is 66.8 cm³/mol. The Morgan fingerprint density at radius 1 is 1.61 bits per heavy atom. The molecule has 2 rings (SSSR count). The zero-order chi connectivity index (χ0) is 13.3. The molecular formula is C11H15N3O3S. The quantitative estimate of drug-likeness (QED) is 0.871. The van der Waals surface area contributed by atoms with Gasteiger partial charge in [0, 0.05) is 18.5 Å². The van der Waals surface area contributed by atoms with Gasteiger partial charge in [0.25, 0.3) is 0 Å². The first kappa shape index (κ1) is 12.8. The summed E-state index contributed by atoms with van der Waals surface area (Å²) in [5, 5.41) is 13.7. The number of carbonyl (C=O) groups excluding carboxylic acids is 1. The molecule has 2 amide bonds. The van der Waals surface area contributed by atoms with Gasteiger partial charge >= 0.3 is 12.0 Å². The van der Waals surface area contributed by atoms with Crippen molar-refractivity contribution in [2.45, 2.75) is 31.8 Å². The molecule has 6 nitrogen and oxygen atoms in total. The highest BCUT2D eigenvalue weighted by molar-refractivity contribution is 7.09. The summed E-state index contributed by atoms with van der Waals surface area (Å²) in [6.45, 7) is 1.79. The highest BCUT2D eigenvalue weighted by Gasteiger charge is 2.30. The fourth-order valence-electron chi connectivity index (χ4n) is 1.56. The number of carboxylic acid groups (broad SMARTS) is 1. The van der Waals surface area contributed by atoms with E-state index < -0.39 is 5.97 Å². The summed E-state index contributed by atoms with van der Waals surface area (Å²) < 4.78 is 0. The molecular weight excluding hydrogens is 254 g/mol. The second-order valence-corrected chi connectivity index (χ2v) is 5.28. The molecule has 1 aliphatic rings. The lowest BCUT2D eigenvalue weighted by atomic mass is 10.3. The smallest absolute Gasteiger partial charge is 0.355 e. The molecule has 0 radical (unpaired) electrons. The van der Waals surface area contributed by atoms with E-state index in [4.69, 9.17) is 5.11 Å². The third-order valence-electron chi connectivity index (χ3n) is 2.87. The van der Waals surface area contributed by atoms with Gasteiger partial charge < -0.3 is 15.3 Å². The van der Waals surface area contributed by atoms with Gasteiger partial charge in [-0.1, -0.05) is 0 Å². The molecule has 1 aromatic heterocycles. The van der Waals surface area contributed by atoms with Gasteiger partial charge in [0.1, 0.15) is 5.01 Å². The predicted octanol–water partition coefficient (Wildman–Crippen LogP) is 1.71. The zero-order valence-electron chi connectivity index (χ0n) is 10.2. The normalized spacial score (nSPS) is 16.1. The van der Waals surface area contributed by atoms with E-state index >= 15 is 0 Å². The Balaban J connectivity index is 1.95. The number of aromatic carboxylic acids is 1. The van der Waals surface area contributed by atoms with Crippen LogP contribution in [0.1, 0.15) is 41.3 Å². The van der Waals surface area contributed by atoms with E-state index in [0.717, 1.165) is 12.8 Å². The highest BCUT2D eigenvalue weighted by atomic mass is 32.1. The Morgan fingerprint density at radius 3 is 2.78 bits per heavy atom. The van der Waals surface area contributed by atoms with Gasteiger partial charge in [-0.15, -0.1) is 11.3 Å². The van der Waals surface area contributed by atoms with E-state index in [1.165, 1.54) is 16.7 Å². The largest absolute Gasteiger partial charge is 0.476 e.